The maximum absolute atomic E-state index is 4.74. The van der Waals surface area contributed by atoms with Gasteiger partial charge in [0.05, 0.1) is 11.6 Å². The number of piperidine rings is 1. The maximum atomic E-state index is 4.74. The number of likely N-dealkylation sites (tertiary alicyclic amines) is 1. The van der Waals surface area contributed by atoms with Crippen molar-refractivity contribution in [3.63, 3.8) is 0 Å². The summed E-state index contributed by atoms with van der Waals surface area (Å²) in [5.74, 6) is 1.50. The summed E-state index contributed by atoms with van der Waals surface area (Å²) in [7, 11) is 2.25. The number of guanidine groups is 1. The molecule has 0 aliphatic carbocycles. The molecule has 0 amide bonds. The van der Waals surface area contributed by atoms with Gasteiger partial charge in [-0.3, -0.25) is 4.90 Å². The fourth-order valence-electron chi connectivity index (χ4n) is 3.59. The van der Waals surface area contributed by atoms with Gasteiger partial charge >= 0.3 is 0 Å². The van der Waals surface area contributed by atoms with Gasteiger partial charge in [-0.15, -0.1) is 22.7 Å². The molecule has 7 heteroatoms. The number of aliphatic imine (C=N–C) groups is 1. The van der Waals surface area contributed by atoms with Crippen molar-refractivity contribution in [2.24, 2.45) is 10.9 Å². The highest BCUT2D eigenvalue weighted by Gasteiger charge is 2.31. The second kappa shape index (κ2) is 9.48. The highest BCUT2D eigenvalue weighted by Crippen LogP contribution is 2.36. The summed E-state index contributed by atoms with van der Waals surface area (Å²) in [6, 6.07) is 4.94. The first kappa shape index (κ1) is 19.3. The van der Waals surface area contributed by atoms with Gasteiger partial charge in [0.2, 0.25) is 0 Å². The zero-order valence-corrected chi connectivity index (χ0v) is 17.5. The summed E-state index contributed by atoms with van der Waals surface area (Å²) in [4.78, 5) is 14.2. The Labute approximate surface area is 164 Å². The number of hydrogen-bond acceptors (Lipinski definition) is 5. The number of aromatic nitrogens is 1. The van der Waals surface area contributed by atoms with E-state index in [1.807, 2.05) is 24.5 Å². The minimum Gasteiger partial charge on any atom is -0.357 e. The van der Waals surface area contributed by atoms with E-state index in [4.69, 9.17) is 4.99 Å². The molecule has 0 saturated carbocycles. The molecule has 3 heterocycles. The monoisotopic (exact) mass is 391 g/mol. The zero-order chi connectivity index (χ0) is 18.4. The number of nitrogens with zero attached hydrogens (tertiary/aromatic N) is 3. The molecule has 1 fully saturated rings. The predicted octanol–water partition coefficient (Wildman–Crippen LogP) is 3.65. The van der Waals surface area contributed by atoms with Crippen LogP contribution in [0.15, 0.2) is 28.7 Å². The van der Waals surface area contributed by atoms with E-state index in [2.05, 4.69) is 52.0 Å². The first-order chi connectivity index (χ1) is 12.7. The summed E-state index contributed by atoms with van der Waals surface area (Å²) >= 11 is 3.58. The molecule has 26 heavy (non-hydrogen) atoms. The largest absolute Gasteiger partial charge is 0.357 e. The van der Waals surface area contributed by atoms with Crippen molar-refractivity contribution in [2.45, 2.75) is 39.3 Å². The Hall–Kier alpha value is -1.44. The van der Waals surface area contributed by atoms with Crippen molar-refractivity contribution in [3.05, 3.63) is 38.5 Å². The summed E-state index contributed by atoms with van der Waals surface area (Å²) in [6.07, 6.45) is 4.45. The minimum absolute atomic E-state index is 0.503. The summed E-state index contributed by atoms with van der Waals surface area (Å²) in [6.45, 7) is 7.81. The van der Waals surface area contributed by atoms with E-state index in [-0.39, 0.29) is 0 Å². The molecule has 0 radical (unpaired) electrons. The zero-order valence-electron chi connectivity index (χ0n) is 15.9. The van der Waals surface area contributed by atoms with Gasteiger partial charge < -0.3 is 10.6 Å². The van der Waals surface area contributed by atoms with E-state index in [9.17, 15) is 0 Å². The molecule has 2 aromatic heterocycles. The second-order valence-corrected chi connectivity index (χ2v) is 9.06. The van der Waals surface area contributed by atoms with E-state index in [1.165, 1.54) is 29.1 Å². The summed E-state index contributed by atoms with van der Waals surface area (Å²) in [5, 5.41) is 10.2. The molecular weight excluding hydrogens is 362 g/mol. The second-order valence-electron chi connectivity index (χ2n) is 6.76. The van der Waals surface area contributed by atoms with Gasteiger partial charge in [0.1, 0.15) is 0 Å². The quantitative estimate of drug-likeness (QED) is 0.583. The average molecular weight is 392 g/mol. The van der Waals surface area contributed by atoms with Crippen molar-refractivity contribution in [1.82, 2.24) is 20.5 Å². The molecule has 2 unspecified atom stereocenters. The lowest BCUT2D eigenvalue weighted by molar-refractivity contribution is 0.125. The Balaban J connectivity index is 1.63. The first-order valence-electron chi connectivity index (χ1n) is 9.34. The van der Waals surface area contributed by atoms with Gasteiger partial charge in [-0.05, 0) is 57.6 Å². The van der Waals surface area contributed by atoms with Crippen molar-refractivity contribution in [3.8, 4) is 0 Å². The van der Waals surface area contributed by atoms with Crippen LogP contribution in [0.5, 0.6) is 0 Å². The Morgan fingerprint density at radius 2 is 2.31 bits per heavy atom. The van der Waals surface area contributed by atoms with Crippen LogP contribution in [0.4, 0.5) is 0 Å². The number of aryl methyl sites for hydroxylation is 1. The molecule has 1 saturated heterocycles. The van der Waals surface area contributed by atoms with Crippen LogP contribution in [0.1, 0.15) is 40.6 Å². The molecule has 2 atom stereocenters. The fraction of sp³-hybridized carbons (Fsp3) is 0.579. The molecule has 0 bridgehead atoms. The highest BCUT2D eigenvalue weighted by atomic mass is 32.1. The Morgan fingerprint density at radius 3 is 3.00 bits per heavy atom. The Bertz CT molecular complexity index is 695. The van der Waals surface area contributed by atoms with Crippen LogP contribution in [0.2, 0.25) is 0 Å². The maximum Gasteiger partial charge on any atom is 0.191 e. The number of hydrogen-bond donors (Lipinski definition) is 2. The van der Waals surface area contributed by atoms with Gasteiger partial charge in [-0.1, -0.05) is 6.07 Å². The molecule has 1 aliphatic heterocycles. The SMILES string of the molecule is CCNC(=NCc1cnc(C)s1)NCC1CCCN(C)C1c1cccs1. The van der Waals surface area contributed by atoms with Crippen LogP contribution in [0, 0.1) is 12.8 Å². The third-order valence-electron chi connectivity index (χ3n) is 4.78. The smallest absolute Gasteiger partial charge is 0.191 e. The van der Waals surface area contributed by atoms with Gasteiger partial charge in [0.25, 0.3) is 0 Å². The van der Waals surface area contributed by atoms with Crippen molar-refractivity contribution >= 4 is 28.6 Å². The van der Waals surface area contributed by atoms with Gasteiger partial charge in [0.15, 0.2) is 5.96 Å². The van der Waals surface area contributed by atoms with Gasteiger partial charge in [-0.2, -0.15) is 0 Å². The molecule has 1 aliphatic rings. The van der Waals surface area contributed by atoms with Crippen molar-refractivity contribution < 1.29 is 0 Å². The summed E-state index contributed by atoms with van der Waals surface area (Å²) in [5.41, 5.74) is 0. The van der Waals surface area contributed by atoms with Crippen LogP contribution in [0.3, 0.4) is 0 Å². The van der Waals surface area contributed by atoms with E-state index in [0.717, 1.165) is 24.1 Å². The molecule has 142 valence electrons. The van der Waals surface area contributed by atoms with Crippen LogP contribution in [0.25, 0.3) is 0 Å². The topological polar surface area (TPSA) is 52.6 Å². The van der Waals surface area contributed by atoms with E-state index < -0.39 is 0 Å². The molecule has 0 spiro atoms. The number of rotatable bonds is 6. The first-order valence-corrected chi connectivity index (χ1v) is 11.0. The van der Waals surface area contributed by atoms with Crippen molar-refractivity contribution in [2.75, 3.05) is 26.7 Å². The van der Waals surface area contributed by atoms with E-state index in [0.29, 0.717) is 18.5 Å². The number of thiophene rings is 1. The molecule has 3 rings (SSSR count). The third-order valence-corrected chi connectivity index (χ3v) is 6.62. The Morgan fingerprint density at radius 1 is 1.42 bits per heavy atom. The van der Waals surface area contributed by atoms with Crippen LogP contribution in [-0.2, 0) is 6.54 Å². The van der Waals surface area contributed by atoms with Gasteiger partial charge in [-0.25, -0.2) is 9.98 Å². The van der Waals surface area contributed by atoms with Crippen LogP contribution in [-0.4, -0.2) is 42.5 Å². The normalized spacial score (nSPS) is 21.7. The van der Waals surface area contributed by atoms with E-state index in [1.54, 1.807) is 11.3 Å². The molecule has 5 nitrogen and oxygen atoms in total. The van der Waals surface area contributed by atoms with Gasteiger partial charge in [0, 0.05) is 35.1 Å². The standard InChI is InChI=1S/C19H29N5S2/c1-4-20-19(23-13-16-12-21-14(2)26-16)22-11-15-7-5-9-24(3)18(15)17-8-6-10-25-17/h6,8,10,12,15,18H,4-5,7,9,11,13H2,1-3H3,(H2,20,22,23). The van der Waals surface area contributed by atoms with E-state index >= 15 is 0 Å². The molecule has 2 N–H and O–H groups in total. The lowest BCUT2D eigenvalue weighted by Crippen LogP contribution is -2.44. The van der Waals surface area contributed by atoms with Crippen LogP contribution < -0.4 is 10.6 Å². The fourth-order valence-corrected chi connectivity index (χ4v) is 5.29. The number of thiazole rings is 1. The molecular formula is C19H29N5S2. The minimum atomic E-state index is 0.503. The van der Waals surface area contributed by atoms with Crippen LogP contribution >= 0.6 is 22.7 Å². The highest BCUT2D eigenvalue weighted by molar-refractivity contribution is 7.11. The average Bonchev–Trinajstić information content (AvgIpc) is 3.29. The Kier molecular flexibility index (Phi) is 7.05. The predicted molar refractivity (Wildman–Crippen MR) is 112 cm³/mol. The third kappa shape index (κ3) is 5.05. The summed E-state index contributed by atoms with van der Waals surface area (Å²) < 4.78 is 0. The lowest BCUT2D eigenvalue weighted by Gasteiger charge is -2.39. The molecule has 0 aromatic carbocycles. The lowest BCUT2D eigenvalue weighted by atomic mass is 9.88. The number of nitrogens with one attached hydrogen (secondary N) is 2. The van der Waals surface area contributed by atoms with Crippen molar-refractivity contribution in [1.29, 1.82) is 0 Å². The molecule has 2 aromatic rings.